The van der Waals surface area contributed by atoms with Gasteiger partial charge in [0.25, 0.3) is 0 Å². The normalized spacial score (nSPS) is 15.3. The maximum absolute atomic E-state index is 13.2. The van der Waals surface area contributed by atoms with E-state index in [1.54, 1.807) is 24.9 Å². The Morgan fingerprint density at radius 3 is 2.17 bits per heavy atom. The molecule has 198 valence electrons. The first-order chi connectivity index (χ1) is 16.6. The Morgan fingerprint density at radius 2 is 1.63 bits per heavy atom. The Kier molecular flexibility index (Phi) is 14.4. The first kappa shape index (κ1) is 30.8. The Balaban J connectivity index is 3.02. The summed E-state index contributed by atoms with van der Waals surface area (Å²) in [6.45, 7) is 3.58. The molecule has 0 fully saturated rings. The maximum Gasteiger partial charge on any atom is 0.326 e. The van der Waals surface area contributed by atoms with Gasteiger partial charge in [-0.05, 0) is 42.8 Å². The Labute approximate surface area is 214 Å². The smallest absolute Gasteiger partial charge is 0.326 e. The van der Waals surface area contributed by atoms with Crippen molar-refractivity contribution in [2.24, 2.45) is 11.7 Å². The van der Waals surface area contributed by atoms with Crippen LogP contribution in [0.2, 0.25) is 0 Å². The fourth-order valence-electron chi connectivity index (χ4n) is 3.19. The number of nitrogens with two attached hydrogens (primary N) is 1. The van der Waals surface area contributed by atoms with Gasteiger partial charge >= 0.3 is 5.97 Å². The number of thioether (sulfide) groups is 2. The maximum atomic E-state index is 13.2. The molecule has 0 aromatic carbocycles. The zero-order valence-corrected chi connectivity index (χ0v) is 22.3. The lowest BCUT2D eigenvalue weighted by Crippen LogP contribution is -2.58. The van der Waals surface area contributed by atoms with E-state index in [2.05, 4.69) is 25.9 Å². The zero-order chi connectivity index (χ0) is 26.4. The number of aliphatic carboxylic acids is 1. The minimum absolute atomic E-state index is 0.119. The van der Waals surface area contributed by atoms with Crippen LogP contribution in [0.5, 0.6) is 0 Å². The molecule has 0 radical (unpaired) electrons. The lowest BCUT2D eigenvalue weighted by Gasteiger charge is -2.26. The number of carboxylic acids is 1. The lowest BCUT2D eigenvalue weighted by molar-refractivity contribution is -0.143. The van der Waals surface area contributed by atoms with Crippen molar-refractivity contribution in [1.29, 1.82) is 0 Å². The second-order valence-electron chi connectivity index (χ2n) is 8.28. The van der Waals surface area contributed by atoms with Crippen LogP contribution in [0.15, 0.2) is 12.5 Å². The number of imidazole rings is 1. The van der Waals surface area contributed by atoms with Gasteiger partial charge in [-0.15, -0.1) is 0 Å². The van der Waals surface area contributed by atoms with E-state index in [1.807, 2.05) is 19.4 Å². The van der Waals surface area contributed by atoms with Crippen molar-refractivity contribution >= 4 is 47.2 Å². The van der Waals surface area contributed by atoms with E-state index >= 15 is 0 Å². The highest BCUT2D eigenvalue weighted by Crippen LogP contribution is 2.10. The summed E-state index contributed by atoms with van der Waals surface area (Å²) in [5.74, 6) is -1.77. The molecular formula is C22H38N6O5S2. The molecule has 0 saturated heterocycles. The number of hydrogen-bond donors (Lipinski definition) is 6. The monoisotopic (exact) mass is 530 g/mol. The van der Waals surface area contributed by atoms with Crippen molar-refractivity contribution in [1.82, 2.24) is 25.9 Å². The average molecular weight is 531 g/mol. The van der Waals surface area contributed by atoms with Crippen LogP contribution in [0, 0.1) is 5.92 Å². The van der Waals surface area contributed by atoms with Crippen LogP contribution in [0.25, 0.3) is 0 Å². The van der Waals surface area contributed by atoms with Crippen LogP contribution in [-0.4, -0.2) is 86.9 Å². The second kappa shape index (κ2) is 16.4. The van der Waals surface area contributed by atoms with Crippen LogP contribution in [0.4, 0.5) is 0 Å². The highest BCUT2D eigenvalue weighted by atomic mass is 32.2. The van der Waals surface area contributed by atoms with Gasteiger partial charge in [-0.1, -0.05) is 20.3 Å². The van der Waals surface area contributed by atoms with Crippen LogP contribution in [0.1, 0.15) is 38.8 Å². The third kappa shape index (κ3) is 10.9. The first-order valence-corrected chi connectivity index (χ1v) is 14.3. The predicted octanol–water partition coefficient (Wildman–Crippen LogP) is 0.371. The van der Waals surface area contributed by atoms with Gasteiger partial charge in [-0.3, -0.25) is 14.4 Å². The average Bonchev–Trinajstić information content (AvgIpc) is 3.35. The number of H-pyrrole nitrogens is 1. The van der Waals surface area contributed by atoms with Gasteiger partial charge in [0.05, 0.1) is 12.4 Å². The van der Waals surface area contributed by atoms with Crippen molar-refractivity contribution in [2.75, 3.05) is 24.0 Å². The number of hydrogen-bond acceptors (Lipinski definition) is 8. The Morgan fingerprint density at radius 1 is 1.03 bits per heavy atom. The van der Waals surface area contributed by atoms with Gasteiger partial charge in [0, 0.05) is 18.3 Å². The molecule has 3 amide bonds. The van der Waals surface area contributed by atoms with Gasteiger partial charge in [0.2, 0.25) is 17.7 Å². The van der Waals surface area contributed by atoms with Gasteiger partial charge in [0.1, 0.15) is 18.1 Å². The van der Waals surface area contributed by atoms with Gasteiger partial charge in [-0.2, -0.15) is 23.5 Å². The molecule has 5 unspecified atom stereocenters. The third-order valence-corrected chi connectivity index (χ3v) is 6.89. The van der Waals surface area contributed by atoms with Gasteiger partial charge < -0.3 is 31.8 Å². The van der Waals surface area contributed by atoms with E-state index in [0.29, 0.717) is 36.5 Å². The van der Waals surface area contributed by atoms with Crippen molar-refractivity contribution in [3.05, 3.63) is 18.2 Å². The van der Waals surface area contributed by atoms with Crippen LogP contribution >= 0.6 is 23.5 Å². The van der Waals surface area contributed by atoms with E-state index in [0.717, 1.165) is 0 Å². The zero-order valence-electron chi connectivity index (χ0n) is 20.7. The van der Waals surface area contributed by atoms with Gasteiger partial charge in [0.15, 0.2) is 0 Å². The van der Waals surface area contributed by atoms with Gasteiger partial charge in [-0.25, -0.2) is 9.78 Å². The molecule has 0 aliphatic carbocycles. The molecule has 7 N–H and O–H groups in total. The third-order valence-electron chi connectivity index (χ3n) is 5.60. The number of aromatic amines is 1. The molecule has 1 aromatic heterocycles. The molecule has 0 aliphatic heterocycles. The van der Waals surface area contributed by atoms with Crippen LogP contribution in [0.3, 0.4) is 0 Å². The van der Waals surface area contributed by atoms with Crippen molar-refractivity contribution in [3.63, 3.8) is 0 Å². The Hall–Kier alpha value is -2.25. The van der Waals surface area contributed by atoms with E-state index < -0.39 is 47.9 Å². The van der Waals surface area contributed by atoms with E-state index in [9.17, 15) is 24.3 Å². The number of nitrogens with zero attached hydrogens (tertiary/aromatic N) is 1. The molecule has 11 nitrogen and oxygen atoms in total. The minimum Gasteiger partial charge on any atom is -0.480 e. The molecule has 0 spiro atoms. The second-order valence-corrected chi connectivity index (χ2v) is 10.3. The standard InChI is InChI=1S/C22H38N6O5S2/c1-5-13(2)18(22(32)33)28-20(30)16(7-9-35-4)26-21(31)17(10-14-11-24-12-25-14)27-19(29)15(23)6-8-34-3/h11-13,15-18H,5-10,23H2,1-4H3,(H,24,25)(H,26,31)(H,27,29)(H,28,30)(H,32,33). The quantitative estimate of drug-likeness (QED) is 0.166. The number of carbonyl (C=O) groups is 4. The fraction of sp³-hybridized carbons (Fsp3) is 0.682. The summed E-state index contributed by atoms with van der Waals surface area (Å²) in [7, 11) is 0. The number of carbonyl (C=O) groups excluding carboxylic acids is 3. The topological polar surface area (TPSA) is 179 Å². The molecule has 1 heterocycles. The molecule has 0 aliphatic rings. The summed E-state index contributed by atoms with van der Waals surface area (Å²) < 4.78 is 0. The lowest BCUT2D eigenvalue weighted by atomic mass is 9.98. The molecular weight excluding hydrogens is 492 g/mol. The molecule has 5 atom stereocenters. The first-order valence-electron chi connectivity index (χ1n) is 11.5. The fourth-order valence-corrected chi connectivity index (χ4v) is 4.15. The van der Waals surface area contributed by atoms with Crippen molar-refractivity contribution in [3.8, 4) is 0 Å². The predicted molar refractivity (Wildman–Crippen MR) is 139 cm³/mol. The van der Waals surface area contributed by atoms with Crippen molar-refractivity contribution in [2.45, 2.75) is 63.7 Å². The molecule has 1 rings (SSSR count). The van der Waals surface area contributed by atoms with E-state index in [1.165, 1.54) is 18.1 Å². The highest BCUT2D eigenvalue weighted by molar-refractivity contribution is 7.98. The van der Waals surface area contributed by atoms with Crippen LogP contribution in [-0.2, 0) is 25.6 Å². The summed E-state index contributed by atoms with van der Waals surface area (Å²) in [5, 5.41) is 17.5. The molecule has 1 aromatic rings. The molecule has 35 heavy (non-hydrogen) atoms. The summed E-state index contributed by atoms with van der Waals surface area (Å²) in [6, 6.07) is -3.82. The van der Waals surface area contributed by atoms with Crippen LogP contribution < -0.4 is 21.7 Å². The number of rotatable bonds is 17. The molecule has 0 bridgehead atoms. The minimum atomic E-state index is -1.13. The summed E-state index contributed by atoms with van der Waals surface area (Å²) >= 11 is 3.06. The van der Waals surface area contributed by atoms with E-state index in [-0.39, 0.29) is 12.3 Å². The molecule has 13 heteroatoms. The SMILES string of the molecule is CCC(C)C(NC(=O)C(CCSC)NC(=O)C(Cc1cnc[nH]1)NC(=O)C(N)CCSC)C(=O)O. The number of amides is 3. The Bertz CT molecular complexity index is 810. The molecule has 0 saturated carbocycles. The highest BCUT2D eigenvalue weighted by Gasteiger charge is 2.32. The van der Waals surface area contributed by atoms with Crippen molar-refractivity contribution < 1.29 is 24.3 Å². The summed E-state index contributed by atoms with van der Waals surface area (Å²) in [4.78, 5) is 57.3. The number of carboxylic acid groups (broad SMARTS) is 1. The summed E-state index contributed by atoms with van der Waals surface area (Å²) in [6.07, 6.45) is 8.22. The number of aromatic nitrogens is 2. The number of nitrogens with one attached hydrogen (secondary N) is 4. The van der Waals surface area contributed by atoms with E-state index in [4.69, 9.17) is 5.73 Å². The summed E-state index contributed by atoms with van der Waals surface area (Å²) in [5.41, 5.74) is 6.59. The largest absolute Gasteiger partial charge is 0.480 e.